The van der Waals surface area contributed by atoms with E-state index in [1.807, 2.05) is 0 Å². The van der Waals surface area contributed by atoms with Crippen molar-refractivity contribution in [2.75, 3.05) is 6.61 Å². The van der Waals surface area contributed by atoms with Crippen LogP contribution in [-0.2, 0) is 14.3 Å². The Kier molecular flexibility index (Phi) is 6.70. The van der Waals surface area contributed by atoms with E-state index in [2.05, 4.69) is 0 Å². The van der Waals surface area contributed by atoms with Crippen molar-refractivity contribution in [3.05, 3.63) is 0 Å². The minimum absolute atomic E-state index is 0.00260. The molecule has 15 heavy (non-hydrogen) atoms. The zero-order chi connectivity index (χ0) is 11.8. The van der Waals surface area contributed by atoms with Gasteiger partial charge in [-0.3, -0.25) is 9.59 Å². The number of aliphatic hydroxyl groups excluding tert-OH is 1. The Morgan fingerprint density at radius 1 is 1.40 bits per heavy atom. The van der Waals surface area contributed by atoms with E-state index in [1.54, 1.807) is 6.92 Å². The number of aliphatic carboxylic acids is 1. The maximum absolute atomic E-state index is 11.3. The van der Waals surface area contributed by atoms with Crippen molar-refractivity contribution in [1.82, 2.24) is 0 Å². The van der Waals surface area contributed by atoms with Crippen molar-refractivity contribution in [3.63, 3.8) is 0 Å². The third-order valence-corrected chi connectivity index (χ3v) is 2.08. The molecule has 0 radical (unpaired) electrons. The lowest BCUT2D eigenvalue weighted by molar-refractivity contribution is -0.152. The summed E-state index contributed by atoms with van der Waals surface area (Å²) in [5.74, 6) is -1.98. The van der Waals surface area contributed by atoms with Gasteiger partial charge in [-0.05, 0) is 26.7 Å². The lowest BCUT2D eigenvalue weighted by Crippen LogP contribution is -2.28. The fourth-order valence-electron chi connectivity index (χ4n) is 1.28. The topological polar surface area (TPSA) is 83.8 Å². The van der Waals surface area contributed by atoms with Crippen LogP contribution in [0.15, 0.2) is 0 Å². The number of aliphatic hydroxyl groups is 1. The number of esters is 1. The number of carboxylic acid groups (broad SMARTS) is 1. The molecule has 0 aromatic heterocycles. The van der Waals surface area contributed by atoms with Crippen LogP contribution in [0, 0.1) is 5.92 Å². The minimum atomic E-state index is -0.900. The van der Waals surface area contributed by atoms with E-state index in [9.17, 15) is 14.7 Å². The Morgan fingerprint density at radius 3 is 2.40 bits per heavy atom. The molecule has 0 amide bonds. The summed E-state index contributed by atoms with van der Waals surface area (Å²) in [6, 6.07) is 0. The van der Waals surface area contributed by atoms with Gasteiger partial charge in [0.15, 0.2) is 0 Å². The van der Waals surface area contributed by atoms with Crippen LogP contribution in [-0.4, -0.2) is 34.9 Å². The number of rotatable bonds is 7. The number of carboxylic acids is 1. The van der Waals surface area contributed by atoms with E-state index >= 15 is 0 Å². The molecule has 0 spiro atoms. The van der Waals surface area contributed by atoms with Gasteiger partial charge in [-0.25, -0.2) is 0 Å². The van der Waals surface area contributed by atoms with Gasteiger partial charge in [0.25, 0.3) is 0 Å². The molecule has 5 heteroatoms. The summed E-state index contributed by atoms with van der Waals surface area (Å²) in [7, 11) is 0. The highest BCUT2D eigenvalue weighted by molar-refractivity contribution is 5.73. The molecule has 0 fully saturated rings. The summed E-state index contributed by atoms with van der Waals surface area (Å²) in [5.41, 5.74) is 0. The van der Waals surface area contributed by atoms with E-state index in [1.165, 1.54) is 6.92 Å². The minimum Gasteiger partial charge on any atom is -0.481 e. The summed E-state index contributed by atoms with van der Waals surface area (Å²) >= 11 is 0. The summed E-state index contributed by atoms with van der Waals surface area (Å²) in [6.07, 6.45) is -0.104. The zero-order valence-corrected chi connectivity index (χ0v) is 9.10. The second kappa shape index (κ2) is 7.23. The number of hydrogen-bond donors (Lipinski definition) is 2. The first-order valence-corrected chi connectivity index (χ1v) is 5.05. The van der Waals surface area contributed by atoms with Crippen LogP contribution in [0.2, 0.25) is 0 Å². The Balaban J connectivity index is 4.04. The fraction of sp³-hybridized carbons (Fsp3) is 0.800. The van der Waals surface area contributed by atoms with Crippen molar-refractivity contribution in [2.45, 2.75) is 39.2 Å². The van der Waals surface area contributed by atoms with E-state index in [-0.39, 0.29) is 13.0 Å². The van der Waals surface area contributed by atoms with Crippen molar-refractivity contribution in [3.8, 4) is 0 Å². The van der Waals surface area contributed by atoms with E-state index in [0.717, 1.165) is 0 Å². The first-order chi connectivity index (χ1) is 6.99. The molecule has 0 heterocycles. The molecular weight excluding hydrogens is 200 g/mol. The first-order valence-electron chi connectivity index (χ1n) is 5.05. The zero-order valence-electron chi connectivity index (χ0n) is 9.10. The monoisotopic (exact) mass is 218 g/mol. The van der Waals surface area contributed by atoms with Gasteiger partial charge in [0.1, 0.15) is 0 Å². The molecule has 0 aromatic rings. The Hall–Kier alpha value is -1.10. The van der Waals surface area contributed by atoms with Gasteiger partial charge >= 0.3 is 11.9 Å². The molecule has 0 rings (SSSR count). The van der Waals surface area contributed by atoms with Gasteiger partial charge in [0.2, 0.25) is 0 Å². The lowest BCUT2D eigenvalue weighted by Gasteiger charge is -2.17. The van der Waals surface area contributed by atoms with Crippen LogP contribution < -0.4 is 0 Å². The Morgan fingerprint density at radius 2 is 2.00 bits per heavy atom. The van der Waals surface area contributed by atoms with Gasteiger partial charge in [-0.2, -0.15) is 0 Å². The third kappa shape index (κ3) is 6.06. The molecule has 2 atom stereocenters. The van der Waals surface area contributed by atoms with E-state index in [0.29, 0.717) is 12.8 Å². The molecule has 0 aliphatic rings. The van der Waals surface area contributed by atoms with Crippen molar-refractivity contribution >= 4 is 11.9 Å². The summed E-state index contributed by atoms with van der Waals surface area (Å²) in [5, 5.41) is 17.8. The molecule has 0 aromatic carbocycles. The highest BCUT2D eigenvalue weighted by Gasteiger charge is 2.24. The maximum Gasteiger partial charge on any atom is 0.311 e. The first kappa shape index (κ1) is 13.9. The second-order valence-electron chi connectivity index (χ2n) is 3.39. The molecule has 2 N–H and O–H groups in total. The predicted octanol–water partition coefficient (Wildman–Crippen LogP) is 0.801. The summed E-state index contributed by atoms with van der Waals surface area (Å²) in [4.78, 5) is 21.6. The van der Waals surface area contributed by atoms with Crippen LogP contribution in [0.3, 0.4) is 0 Å². The molecule has 5 nitrogen and oxygen atoms in total. The average molecular weight is 218 g/mol. The Labute approximate surface area is 89.0 Å². The van der Waals surface area contributed by atoms with Gasteiger partial charge in [-0.15, -0.1) is 0 Å². The summed E-state index contributed by atoms with van der Waals surface area (Å²) in [6.45, 7) is 3.46. The quantitative estimate of drug-likeness (QED) is 0.617. The average Bonchev–Trinajstić information content (AvgIpc) is 2.11. The predicted molar refractivity (Wildman–Crippen MR) is 53.3 cm³/mol. The molecule has 0 saturated carbocycles. The van der Waals surface area contributed by atoms with Crippen LogP contribution >= 0.6 is 0 Å². The SMILES string of the molecule is CCOC(=O)C(CCCC(=O)O)C(C)O. The number of hydrogen-bond acceptors (Lipinski definition) is 4. The number of carbonyl (C=O) groups is 2. The highest BCUT2D eigenvalue weighted by Crippen LogP contribution is 2.15. The van der Waals surface area contributed by atoms with E-state index < -0.39 is 24.0 Å². The van der Waals surface area contributed by atoms with Crippen molar-refractivity contribution in [2.24, 2.45) is 5.92 Å². The number of ether oxygens (including phenoxy) is 1. The fourth-order valence-corrected chi connectivity index (χ4v) is 1.28. The molecule has 0 bridgehead atoms. The molecule has 2 unspecified atom stereocenters. The van der Waals surface area contributed by atoms with Gasteiger partial charge in [0, 0.05) is 6.42 Å². The number of carbonyl (C=O) groups excluding carboxylic acids is 1. The molecule has 88 valence electrons. The maximum atomic E-state index is 11.3. The van der Waals surface area contributed by atoms with Gasteiger partial charge in [-0.1, -0.05) is 0 Å². The normalized spacial score (nSPS) is 14.3. The van der Waals surface area contributed by atoms with Crippen LogP contribution in [0.5, 0.6) is 0 Å². The summed E-state index contributed by atoms with van der Waals surface area (Å²) < 4.78 is 4.78. The van der Waals surface area contributed by atoms with Gasteiger partial charge < -0.3 is 14.9 Å². The van der Waals surface area contributed by atoms with Crippen LogP contribution in [0.4, 0.5) is 0 Å². The van der Waals surface area contributed by atoms with E-state index in [4.69, 9.17) is 9.84 Å². The molecule has 0 aliphatic carbocycles. The highest BCUT2D eigenvalue weighted by atomic mass is 16.5. The standard InChI is InChI=1S/C10H18O5/c1-3-15-10(14)8(7(2)11)5-4-6-9(12)13/h7-8,11H,3-6H2,1-2H3,(H,12,13). The van der Waals surface area contributed by atoms with Gasteiger partial charge in [0.05, 0.1) is 18.6 Å². The third-order valence-electron chi connectivity index (χ3n) is 2.08. The smallest absolute Gasteiger partial charge is 0.311 e. The largest absolute Gasteiger partial charge is 0.481 e. The molecule has 0 aliphatic heterocycles. The van der Waals surface area contributed by atoms with Crippen LogP contribution in [0.1, 0.15) is 33.1 Å². The van der Waals surface area contributed by atoms with Crippen molar-refractivity contribution in [1.29, 1.82) is 0 Å². The second-order valence-corrected chi connectivity index (χ2v) is 3.39. The van der Waals surface area contributed by atoms with Crippen LogP contribution in [0.25, 0.3) is 0 Å². The van der Waals surface area contributed by atoms with Crippen molar-refractivity contribution < 1.29 is 24.5 Å². The molecule has 0 saturated heterocycles. The molecular formula is C10H18O5. The lowest BCUT2D eigenvalue weighted by atomic mass is 9.97. The Bertz CT molecular complexity index is 212.